The van der Waals surface area contributed by atoms with E-state index in [4.69, 9.17) is 15.2 Å². The van der Waals surface area contributed by atoms with Crippen molar-refractivity contribution < 1.29 is 14.3 Å². The molecule has 1 atom stereocenters. The maximum absolute atomic E-state index is 11.2. The minimum Gasteiger partial charge on any atom is -0.446 e. The van der Waals surface area contributed by atoms with Crippen LogP contribution in [0.1, 0.15) is 30.4 Å². The fraction of sp³-hybridized carbons (Fsp3) is 0.185. The largest absolute Gasteiger partial charge is 0.446 e. The van der Waals surface area contributed by atoms with Crippen LogP contribution in [0.5, 0.6) is 11.6 Å². The van der Waals surface area contributed by atoms with Gasteiger partial charge in [0, 0.05) is 23.6 Å². The Balaban J connectivity index is 1.24. The number of aromatic nitrogens is 6. The maximum atomic E-state index is 11.2. The summed E-state index contributed by atoms with van der Waals surface area (Å²) in [5.74, 6) is 1.80. The number of hydrogen-bond donors (Lipinski definition) is 2. The normalized spacial score (nSPS) is 15.3. The minimum atomic E-state index is -0.742. The summed E-state index contributed by atoms with van der Waals surface area (Å²) in [7, 11) is 0. The second kappa shape index (κ2) is 9.77. The molecule has 0 bridgehead atoms. The minimum absolute atomic E-state index is 0.218. The first-order valence-electron chi connectivity index (χ1n) is 12.1. The van der Waals surface area contributed by atoms with Gasteiger partial charge in [-0.1, -0.05) is 12.1 Å². The SMILES string of the molecule is Cc1cc(Nc2ncnc3ccc(C4=CCCC(OC(N)=O)C4)cc23)ccc1Oc1cc2nncn2cn1. The molecule has 1 aliphatic rings. The number of amides is 1. The van der Waals surface area contributed by atoms with Gasteiger partial charge in [-0.15, -0.1) is 10.2 Å². The lowest BCUT2D eigenvalue weighted by molar-refractivity contribution is 0.103. The summed E-state index contributed by atoms with van der Waals surface area (Å²) in [6.45, 7) is 1.96. The smallest absolute Gasteiger partial charge is 0.404 e. The molecule has 11 heteroatoms. The zero-order valence-corrected chi connectivity index (χ0v) is 20.5. The Morgan fingerprint density at radius 1 is 1.11 bits per heavy atom. The lowest BCUT2D eigenvalue weighted by atomic mass is 9.91. The molecule has 11 nitrogen and oxygen atoms in total. The van der Waals surface area contributed by atoms with E-state index in [1.807, 2.05) is 37.3 Å². The number of fused-ring (bicyclic) bond motifs is 2. The van der Waals surface area contributed by atoms with Gasteiger partial charge in [0.15, 0.2) is 5.65 Å². The molecule has 38 heavy (non-hydrogen) atoms. The molecule has 0 aliphatic heterocycles. The van der Waals surface area contributed by atoms with Crippen molar-refractivity contribution in [3.05, 3.63) is 78.6 Å². The first kappa shape index (κ1) is 23.3. The van der Waals surface area contributed by atoms with E-state index in [2.05, 4.69) is 42.6 Å². The third-order valence-corrected chi connectivity index (χ3v) is 6.43. The van der Waals surface area contributed by atoms with Crippen LogP contribution in [0.3, 0.4) is 0 Å². The summed E-state index contributed by atoms with van der Waals surface area (Å²) in [6, 6.07) is 13.6. The lowest BCUT2D eigenvalue weighted by Crippen LogP contribution is -2.24. The number of nitrogens with two attached hydrogens (primary N) is 1. The molecule has 2 aromatic carbocycles. The molecular weight excluding hydrogens is 484 g/mol. The Labute approximate surface area is 217 Å². The predicted octanol–water partition coefficient (Wildman–Crippen LogP) is 4.94. The van der Waals surface area contributed by atoms with E-state index >= 15 is 0 Å². The molecule has 6 rings (SSSR count). The van der Waals surface area contributed by atoms with Crippen LogP contribution in [-0.4, -0.2) is 41.7 Å². The van der Waals surface area contributed by atoms with Gasteiger partial charge >= 0.3 is 6.09 Å². The molecule has 0 fully saturated rings. The first-order chi connectivity index (χ1) is 18.5. The number of nitrogens with one attached hydrogen (secondary N) is 1. The van der Waals surface area contributed by atoms with Crippen molar-refractivity contribution in [2.75, 3.05) is 5.32 Å². The van der Waals surface area contributed by atoms with Crippen molar-refractivity contribution in [3.63, 3.8) is 0 Å². The summed E-state index contributed by atoms with van der Waals surface area (Å²) in [5.41, 5.74) is 10.6. The van der Waals surface area contributed by atoms with Gasteiger partial charge in [0.2, 0.25) is 5.88 Å². The van der Waals surface area contributed by atoms with Crippen molar-refractivity contribution in [1.82, 2.24) is 29.5 Å². The number of primary amides is 1. The number of nitrogens with zero attached hydrogens (tertiary/aromatic N) is 6. The van der Waals surface area contributed by atoms with Crippen molar-refractivity contribution in [3.8, 4) is 11.6 Å². The molecule has 0 spiro atoms. The second-order valence-electron chi connectivity index (χ2n) is 9.05. The predicted molar refractivity (Wildman–Crippen MR) is 141 cm³/mol. The molecule has 0 radical (unpaired) electrons. The molecule has 1 aliphatic carbocycles. The molecule has 0 saturated heterocycles. The van der Waals surface area contributed by atoms with Gasteiger partial charge < -0.3 is 20.5 Å². The molecule has 190 valence electrons. The standard InChI is InChI=1S/C27H24N8O3/c1-16-9-19(6-8-23(16)38-25-12-24-34-32-15-35(24)14-31-25)33-26-21-11-18(5-7-22(21)29-13-30-26)17-3-2-4-20(10-17)37-27(28)36/h3,5-9,11-15,20H,2,4,10H2,1H3,(H2,28,36)(H,29,30,33). The zero-order valence-electron chi connectivity index (χ0n) is 20.5. The second-order valence-corrected chi connectivity index (χ2v) is 9.05. The van der Waals surface area contributed by atoms with E-state index in [9.17, 15) is 4.79 Å². The Morgan fingerprint density at radius 3 is 2.89 bits per heavy atom. The molecule has 3 N–H and O–H groups in total. The van der Waals surface area contributed by atoms with E-state index in [1.54, 1.807) is 23.1 Å². The van der Waals surface area contributed by atoms with E-state index in [0.29, 0.717) is 29.5 Å². The summed E-state index contributed by atoms with van der Waals surface area (Å²) >= 11 is 0. The number of ether oxygens (including phenoxy) is 2. The van der Waals surface area contributed by atoms with E-state index in [1.165, 1.54) is 6.33 Å². The number of hydrogen-bond acceptors (Lipinski definition) is 9. The van der Waals surface area contributed by atoms with Crippen LogP contribution in [0.25, 0.3) is 22.1 Å². The van der Waals surface area contributed by atoms with Gasteiger partial charge in [-0.25, -0.2) is 19.7 Å². The lowest BCUT2D eigenvalue weighted by Gasteiger charge is -2.22. The molecule has 5 aromatic rings. The third-order valence-electron chi connectivity index (χ3n) is 6.43. The third kappa shape index (κ3) is 4.81. The van der Waals surface area contributed by atoms with Gasteiger partial charge in [0.1, 0.15) is 36.7 Å². The van der Waals surface area contributed by atoms with Gasteiger partial charge in [0.25, 0.3) is 0 Å². The summed E-state index contributed by atoms with van der Waals surface area (Å²) in [5, 5.41) is 12.2. The van der Waals surface area contributed by atoms with Crippen LogP contribution in [0.4, 0.5) is 16.3 Å². The van der Waals surface area contributed by atoms with Crippen LogP contribution in [0, 0.1) is 6.92 Å². The Bertz CT molecular complexity index is 1700. The van der Waals surface area contributed by atoms with Crippen LogP contribution < -0.4 is 15.8 Å². The molecule has 0 saturated carbocycles. The number of benzene rings is 2. The van der Waals surface area contributed by atoms with Crippen molar-refractivity contribution in [1.29, 1.82) is 0 Å². The highest BCUT2D eigenvalue weighted by molar-refractivity contribution is 5.93. The Morgan fingerprint density at radius 2 is 2.03 bits per heavy atom. The highest BCUT2D eigenvalue weighted by atomic mass is 16.6. The number of anilines is 2. The van der Waals surface area contributed by atoms with Crippen molar-refractivity contribution in [2.45, 2.75) is 32.3 Å². The average molecular weight is 509 g/mol. The number of carbonyl (C=O) groups excluding carboxylic acids is 1. The van der Waals surface area contributed by atoms with E-state index in [-0.39, 0.29) is 6.10 Å². The van der Waals surface area contributed by atoms with Gasteiger partial charge in [-0.2, -0.15) is 0 Å². The molecule has 3 heterocycles. The molecule has 1 amide bonds. The molecular formula is C27H24N8O3. The molecule has 1 unspecified atom stereocenters. The van der Waals surface area contributed by atoms with Gasteiger partial charge in [-0.05, 0) is 66.8 Å². The Hall–Kier alpha value is -5.06. The summed E-state index contributed by atoms with van der Waals surface area (Å²) in [6.07, 6.45) is 8.15. The van der Waals surface area contributed by atoms with Gasteiger partial charge in [0.05, 0.1) is 5.52 Å². The van der Waals surface area contributed by atoms with E-state index in [0.717, 1.165) is 46.1 Å². The van der Waals surface area contributed by atoms with Crippen LogP contribution in [-0.2, 0) is 4.74 Å². The topological polar surface area (TPSA) is 142 Å². The molecule has 3 aromatic heterocycles. The number of allylic oxidation sites excluding steroid dienone is 1. The van der Waals surface area contributed by atoms with Crippen LogP contribution >= 0.6 is 0 Å². The van der Waals surface area contributed by atoms with E-state index < -0.39 is 6.09 Å². The fourth-order valence-corrected chi connectivity index (χ4v) is 4.59. The highest BCUT2D eigenvalue weighted by Crippen LogP contribution is 2.33. The zero-order chi connectivity index (χ0) is 26.1. The summed E-state index contributed by atoms with van der Waals surface area (Å²) in [4.78, 5) is 24.4. The fourth-order valence-electron chi connectivity index (χ4n) is 4.59. The van der Waals surface area contributed by atoms with Crippen LogP contribution in [0.2, 0.25) is 0 Å². The monoisotopic (exact) mass is 508 g/mol. The van der Waals surface area contributed by atoms with Crippen molar-refractivity contribution >= 4 is 39.7 Å². The Kier molecular flexibility index (Phi) is 6.00. The van der Waals surface area contributed by atoms with Gasteiger partial charge in [-0.3, -0.25) is 4.40 Å². The first-order valence-corrected chi connectivity index (χ1v) is 12.1. The number of rotatable bonds is 6. The quantitative estimate of drug-likeness (QED) is 0.326. The maximum Gasteiger partial charge on any atom is 0.404 e. The number of carbonyl (C=O) groups is 1. The average Bonchev–Trinajstić information content (AvgIpc) is 3.38. The van der Waals surface area contributed by atoms with Crippen LogP contribution in [0.15, 0.2) is 67.5 Å². The number of aryl methyl sites for hydroxylation is 1. The van der Waals surface area contributed by atoms with Crippen molar-refractivity contribution in [2.24, 2.45) is 5.73 Å². The highest BCUT2D eigenvalue weighted by Gasteiger charge is 2.20. The summed E-state index contributed by atoms with van der Waals surface area (Å²) < 4.78 is 12.9.